The Morgan fingerprint density at radius 2 is 2.12 bits per heavy atom. The number of aromatic nitrogens is 1. The van der Waals surface area contributed by atoms with E-state index >= 15 is 0 Å². The van der Waals surface area contributed by atoms with Crippen molar-refractivity contribution >= 4 is 0 Å². The molecule has 3 nitrogen and oxygen atoms in total. The monoisotopic (exact) mass is 229 g/mol. The van der Waals surface area contributed by atoms with Crippen molar-refractivity contribution in [1.82, 2.24) is 9.88 Å². The Morgan fingerprint density at radius 1 is 1.41 bits per heavy atom. The fourth-order valence-electron chi connectivity index (χ4n) is 2.08. The van der Waals surface area contributed by atoms with Gasteiger partial charge in [0.15, 0.2) is 0 Å². The van der Waals surface area contributed by atoms with E-state index in [1.165, 1.54) is 19.5 Å². The van der Waals surface area contributed by atoms with Crippen LogP contribution in [0.4, 0.5) is 0 Å². The molecule has 0 spiro atoms. The Kier molecular flexibility index (Phi) is 3.17. The summed E-state index contributed by atoms with van der Waals surface area (Å²) < 4.78 is 0. The van der Waals surface area contributed by atoms with Crippen molar-refractivity contribution in [2.45, 2.75) is 39.2 Å². The standard InChI is InChI=1S/C14H19N3/c1-14(2,3)13-12(8-15)7-11(9-16-13)10-17-5-4-6-17/h7,9H,4-6,10H2,1-3H3. The highest BCUT2D eigenvalue weighted by Crippen LogP contribution is 2.24. The zero-order valence-corrected chi connectivity index (χ0v) is 10.8. The second kappa shape index (κ2) is 4.46. The first-order valence-electron chi connectivity index (χ1n) is 6.12. The van der Waals surface area contributed by atoms with Gasteiger partial charge in [-0.3, -0.25) is 9.88 Å². The third-order valence-corrected chi connectivity index (χ3v) is 3.13. The average molecular weight is 229 g/mol. The van der Waals surface area contributed by atoms with Crippen molar-refractivity contribution in [2.24, 2.45) is 0 Å². The number of hydrogen-bond donors (Lipinski definition) is 0. The highest BCUT2D eigenvalue weighted by Gasteiger charge is 2.21. The van der Waals surface area contributed by atoms with Gasteiger partial charge in [0.25, 0.3) is 0 Å². The molecular formula is C14H19N3. The predicted molar refractivity (Wildman–Crippen MR) is 67.5 cm³/mol. The first-order valence-corrected chi connectivity index (χ1v) is 6.12. The molecule has 0 unspecified atom stereocenters. The fourth-order valence-corrected chi connectivity index (χ4v) is 2.08. The molecule has 1 aliphatic heterocycles. The van der Waals surface area contributed by atoms with Crippen molar-refractivity contribution in [3.8, 4) is 6.07 Å². The Hall–Kier alpha value is -1.40. The summed E-state index contributed by atoms with van der Waals surface area (Å²) in [6.07, 6.45) is 3.21. The van der Waals surface area contributed by atoms with Gasteiger partial charge in [0.2, 0.25) is 0 Å². The first-order chi connectivity index (χ1) is 8.00. The second-order valence-corrected chi connectivity index (χ2v) is 5.73. The minimum absolute atomic E-state index is 0.0691. The molecule has 1 aromatic rings. The zero-order valence-electron chi connectivity index (χ0n) is 10.8. The second-order valence-electron chi connectivity index (χ2n) is 5.73. The maximum atomic E-state index is 9.21. The van der Waals surface area contributed by atoms with Gasteiger partial charge in [-0.05, 0) is 31.1 Å². The highest BCUT2D eigenvalue weighted by atomic mass is 15.2. The van der Waals surface area contributed by atoms with E-state index in [9.17, 15) is 5.26 Å². The van der Waals surface area contributed by atoms with Gasteiger partial charge >= 0.3 is 0 Å². The summed E-state index contributed by atoms with van der Waals surface area (Å²) in [4.78, 5) is 6.85. The van der Waals surface area contributed by atoms with Crippen LogP contribution in [0.25, 0.3) is 0 Å². The van der Waals surface area contributed by atoms with E-state index < -0.39 is 0 Å². The predicted octanol–water partition coefficient (Wildman–Crippen LogP) is 2.46. The first kappa shape index (κ1) is 12.1. The Morgan fingerprint density at radius 3 is 2.59 bits per heavy atom. The summed E-state index contributed by atoms with van der Waals surface area (Å²) in [5.41, 5.74) is 2.69. The molecule has 17 heavy (non-hydrogen) atoms. The van der Waals surface area contributed by atoms with Crippen LogP contribution in [-0.4, -0.2) is 23.0 Å². The van der Waals surface area contributed by atoms with Gasteiger partial charge in [-0.25, -0.2) is 0 Å². The van der Waals surface area contributed by atoms with Crippen LogP contribution in [0.2, 0.25) is 0 Å². The van der Waals surface area contributed by atoms with Crippen LogP contribution >= 0.6 is 0 Å². The summed E-state index contributed by atoms with van der Waals surface area (Å²) in [6, 6.07) is 4.26. The number of likely N-dealkylation sites (tertiary alicyclic amines) is 1. The molecule has 0 saturated carbocycles. The molecule has 1 saturated heterocycles. The quantitative estimate of drug-likeness (QED) is 0.782. The number of rotatable bonds is 2. The van der Waals surface area contributed by atoms with Crippen LogP contribution in [0.15, 0.2) is 12.3 Å². The number of nitriles is 1. The SMILES string of the molecule is CC(C)(C)c1ncc(CN2CCC2)cc1C#N. The van der Waals surface area contributed by atoms with Crippen molar-refractivity contribution in [2.75, 3.05) is 13.1 Å². The maximum absolute atomic E-state index is 9.21. The van der Waals surface area contributed by atoms with E-state index in [1.54, 1.807) is 0 Å². The van der Waals surface area contributed by atoms with Crippen LogP contribution in [0.5, 0.6) is 0 Å². The molecule has 0 aromatic carbocycles. The van der Waals surface area contributed by atoms with Crippen LogP contribution in [0.1, 0.15) is 44.0 Å². The lowest BCUT2D eigenvalue weighted by Crippen LogP contribution is -2.36. The molecule has 1 fully saturated rings. The van der Waals surface area contributed by atoms with Crippen LogP contribution < -0.4 is 0 Å². The lowest BCUT2D eigenvalue weighted by Gasteiger charge is -2.30. The van der Waals surface area contributed by atoms with E-state index in [4.69, 9.17) is 0 Å². The molecule has 3 heteroatoms. The lowest BCUT2D eigenvalue weighted by atomic mass is 9.88. The molecule has 0 bridgehead atoms. The van der Waals surface area contributed by atoms with E-state index in [0.717, 1.165) is 23.4 Å². The van der Waals surface area contributed by atoms with E-state index in [-0.39, 0.29) is 5.41 Å². The van der Waals surface area contributed by atoms with E-state index in [1.807, 2.05) is 12.3 Å². The van der Waals surface area contributed by atoms with Crippen molar-refractivity contribution in [3.05, 3.63) is 29.1 Å². The van der Waals surface area contributed by atoms with Gasteiger partial charge in [0.05, 0.1) is 11.3 Å². The van der Waals surface area contributed by atoms with Crippen molar-refractivity contribution < 1.29 is 0 Å². The molecule has 1 aromatic heterocycles. The van der Waals surface area contributed by atoms with Gasteiger partial charge in [-0.1, -0.05) is 20.8 Å². The van der Waals surface area contributed by atoms with Crippen molar-refractivity contribution in [1.29, 1.82) is 5.26 Å². The number of hydrogen-bond acceptors (Lipinski definition) is 3. The molecule has 0 atom stereocenters. The topological polar surface area (TPSA) is 39.9 Å². The molecular weight excluding hydrogens is 210 g/mol. The van der Waals surface area contributed by atoms with Gasteiger partial charge < -0.3 is 0 Å². The third kappa shape index (κ3) is 2.65. The number of pyridine rings is 1. The summed E-state index contributed by atoms with van der Waals surface area (Å²) in [5, 5.41) is 9.21. The Balaban J connectivity index is 2.25. The van der Waals surface area contributed by atoms with Gasteiger partial charge in [-0.2, -0.15) is 5.26 Å². The summed E-state index contributed by atoms with van der Waals surface area (Å²) >= 11 is 0. The molecule has 0 aliphatic carbocycles. The molecule has 0 radical (unpaired) electrons. The zero-order chi connectivity index (χ0) is 12.5. The van der Waals surface area contributed by atoms with Gasteiger partial charge in [-0.15, -0.1) is 0 Å². The lowest BCUT2D eigenvalue weighted by molar-refractivity contribution is 0.172. The van der Waals surface area contributed by atoms with E-state index in [2.05, 4.69) is 36.7 Å². The van der Waals surface area contributed by atoms with Gasteiger partial charge in [0, 0.05) is 18.2 Å². The Labute approximate surface area is 103 Å². The Bertz CT molecular complexity index is 448. The highest BCUT2D eigenvalue weighted by molar-refractivity contribution is 5.39. The van der Waals surface area contributed by atoms with Crippen LogP contribution in [0, 0.1) is 11.3 Å². The molecule has 0 amide bonds. The summed E-state index contributed by atoms with van der Waals surface area (Å²) in [7, 11) is 0. The molecule has 0 N–H and O–H groups in total. The average Bonchev–Trinajstić information content (AvgIpc) is 2.21. The van der Waals surface area contributed by atoms with Crippen LogP contribution in [-0.2, 0) is 12.0 Å². The molecule has 1 aliphatic rings. The normalized spacial score (nSPS) is 16.4. The number of nitrogens with zero attached hydrogens (tertiary/aromatic N) is 3. The maximum Gasteiger partial charge on any atom is 0.101 e. The summed E-state index contributed by atoms with van der Waals surface area (Å²) in [6.45, 7) is 9.53. The smallest absolute Gasteiger partial charge is 0.101 e. The van der Waals surface area contributed by atoms with E-state index in [0.29, 0.717) is 0 Å². The van der Waals surface area contributed by atoms with Crippen LogP contribution in [0.3, 0.4) is 0 Å². The minimum atomic E-state index is -0.0691. The summed E-state index contributed by atoms with van der Waals surface area (Å²) in [5.74, 6) is 0. The minimum Gasteiger partial charge on any atom is -0.299 e. The largest absolute Gasteiger partial charge is 0.299 e. The molecule has 2 rings (SSSR count). The fraction of sp³-hybridized carbons (Fsp3) is 0.571. The third-order valence-electron chi connectivity index (χ3n) is 3.13. The van der Waals surface area contributed by atoms with Crippen molar-refractivity contribution in [3.63, 3.8) is 0 Å². The van der Waals surface area contributed by atoms with Gasteiger partial charge in [0.1, 0.15) is 6.07 Å². The molecule has 90 valence electrons. The molecule has 2 heterocycles.